The minimum atomic E-state index is -1.80. The van der Waals surface area contributed by atoms with E-state index in [0.717, 1.165) is 0 Å². The topological polar surface area (TPSA) is 450 Å². The molecule has 104 heavy (non-hydrogen) atoms. The highest BCUT2D eigenvalue weighted by Gasteiger charge is 2.49. The van der Waals surface area contributed by atoms with E-state index in [-0.39, 0.29) is 68.2 Å². The van der Waals surface area contributed by atoms with Crippen molar-refractivity contribution in [3.63, 3.8) is 0 Å². The van der Waals surface area contributed by atoms with Gasteiger partial charge in [0, 0.05) is 104 Å². The van der Waals surface area contributed by atoms with Gasteiger partial charge in [-0.1, -0.05) is 29.5 Å². The van der Waals surface area contributed by atoms with Crippen molar-refractivity contribution in [3.8, 4) is 11.4 Å². The molecule has 0 aliphatic carbocycles. The standard InChI is InChI=1S/C72H80F2N16O14/c1-38-66(99)79-35-63(95)83-60(25-45-33-78-55-19-13-47(74)30-53(45)55)69(102)85-57(24-44-32-77-54-18-12-46(73)29-52(44)54)61(93)26-42(28-64(96)97)67(100)84-58(31-49-34-76-37-80-49)62(94)27-43(22-40-10-16-51(92)17-11-40)70(103)89-21-5-20-72(89,3)71(104)86-59(65(75)98)23-41-8-14-50(15-9-41)90-36-48(87-88-90)6-4-7-56(68(101)81-38)82-39(2)91/h8-19,29-30,32-34,36-38,42-43,56-60,77-78,92H,4-7,20-28,31,35H2,1-3H3,(H2,75,98)(H,76,80)(H,79,99)(H,81,101)(H,82,91)(H,83,95)(H,84,100)(H,85,102)(H,86,104)(H,96,97)/t38-,42-,43+,56-,57-,58-,59-,60-,72-/m0/s1. The van der Waals surface area contributed by atoms with Gasteiger partial charge in [-0.15, -0.1) is 5.10 Å². The van der Waals surface area contributed by atoms with E-state index in [0.29, 0.717) is 56.6 Å². The number of nitrogens with two attached hydrogens (primary N) is 1. The average molecular weight is 1430 g/mol. The number of aromatic amines is 3. The maximum absolute atomic E-state index is 15.3. The third-order valence-corrected chi connectivity index (χ3v) is 18.8. The number of carbonyl (C=O) groups excluding carboxylic acids is 11. The summed E-state index contributed by atoms with van der Waals surface area (Å²) in [6.07, 6.45) is 4.38. The molecule has 0 saturated carbocycles. The number of aryl methyl sites for hydroxylation is 1. The van der Waals surface area contributed by atoms with Crippen LogP contribution in [-0.4, -0.2) is 176 Å². The van der Waals surface area contributed by atoms with Gasteiger partial charge in [0.05, 0.1) is 54.9 Å². The monoisotopic (exact) mass is 1430 g/mol. The number of hydrogen-bond donors (Lipinski definition) is 13. The van der Waals surface area contributed by atoms with Crippen LogP contribution in [0, 0.1) is 23.5 Å². The smallest absolute Gasteiger partial charge is 0.304 e. The largest absolute Gasteiger partial charge is 0.508 e. The van der Waals surface area contributed by atoms with Gasteiger partial charge in [-0.3, -0.25) is 57.5 Å². The number of phenolic OH excluding ortho intramolecular Hbond substituents is 1. The van der Waals surface area contributed by atoms with Gasteiger partial charge in [0.2, 0.25) is 53.2 Å². The lowest BCUT2D eigenvalue weighted by Gasteiger charge is -2.37. The van der Waals surface area contributed by atoms with E-state index in [1.54, 1.807) is 30.5 Å². The van der Waals surface area contributed by atoms with Crippen molar-refractivity contribution in [2.45, 2.75) is 146 Å². The van der Waals surface area contributed by atoms with Crippen molar-refractivity contribution in [1.82, 2.24) is 77.0 Å². The second-order valence-electron chi connectivity index (χ2n) is 26.6. The zero-order chi connectivity index (χ0) is 74.5. The molecular weight excluding hydrogens is 1350 g/mol. The highest BCUT2D eigenvalue weighted by atomic mass is 19.1. The molecule has 14 N–H and O–H groups in total. The Morgan fingerprint density at radius 2 is 1.34 bits per heavy atom. The summed E-state index contributed by atoms with van der Waals surface area (Å²) in [5, 5.41) is 47.9. The lowest BCUT2D eigenvalue weighted by Crippen LogP contribution is -2.60. The van der Waals surface area contributed by atoms with Crippen molar-refractivity contribution in [1.29, 1.82) is 0 Å². The third-order valence-electron chi connectivity index (χ3n) is 18.8. The third kappa shape index (κ3) is 18.9. The van der Waals surface area contributed by atoms with Crippen LogP contribution in [0.2, 0.25) is 0 Å². The van der Waals surface area contributed by atoms with Crippen LogP contribution in [0.3, 0.4) is 0 Å². The van der Waals surface area contributed by atoms with Crippen LogP contribution in [-0.2, 0) is 96.1 Å². The molecule has 3 aliphatic rings. The normalized spacial score (nSPS) is 23.0. The molecule has 4 bridgehead atoms. The molecule has 4 aromatic carbocycles. The number of aromatic nitrogens is 7. The Balaban J connectivity index is 0.990. The maximum Gasteiger partial charge on any atom is 0.304 e. The number of benzene rings is 4. The molecule has 32 heteroatoms. The van der Waals surface area contributed by atoms with Crippen molar-refractivity contribution >= 4 is 92.5 Å². The summed E-state index contributed by atoms with van der Waals surface area (Å²) < 4.78 is 31.3. The molecular formula is C72H80F2N16O14. The number of carboxylic acid groups (broad SMARTS) is 1. The van der Waals surface area contributed by atoms with Crippen molar-refractivity contribution in [3.05, 3.63) is 161 Å². The Morgan fingerprint density at radius 3 is 1.96 bits per heavy atom. The Morgan fingerprint density at radius 1 is 0.702 bits per heavy atom. The minimum absolute atomic E-state index is 0.0297. The van der Waals surface area contributed by atoms with E-state index in [1.807, 2.05) is 0 Å². The van der Waals surface area contributed by atoms with Crippen molar-refractivity contribution < 1.29 is 76.5 Å². The minimum Gasteiger partial charge on any atom is -0.508 e. The number of nitrogens with one attached hydrogen (secondary N) is 10. The number of halogens is 2. The summed E-state index contributed by atoms with van der Waals surface area (Å²) in [6, 6.07) is 11.5. The van der Waals surface area contributed by atoms with Gasteiger partial charge in [0.1, 0.15) is 47.1 Å². The van der Waals surface area contributed by atoms with Gasteiger partial charge in [-0.25, -0.2) is 18.4 Å². The lowest BCUT2D eigenvalue weighted by atomic mass is 9.87. The van der Waals surface area contributed by atoms with Crippen LogP contribution in [0.15, 0.2) is 116 Å². The highest BCUT2D eigenvalue weighted by Crippen LogP contribution is 2.34. The second kappa shape index (κ2) is 33.2. The quantitative estimate of drug-likeness (QED) is 0.0781. The van der Waals surface area contributed by atoms with Crippen LogP contribution in [0.1, 0.15) is 99.4 Å². The zero-order valence-electron chi connectivity index (χ0n) is 57.1. The first-order chi connectivity index (χ1) is 49.7. The van der Waals surface area contributed by atoms with E-state index in [2.05, 4.69) is 67.5 Å². The molecule has 3 aliphatic heterocycles. The number of imidazole rings is 1. The number of amides is 9. The predicted octanol–water partition coefficient (Wildman–Crippen LogP) is 2.34. The summed E-state index contributed by atoms with van der Waals surface area (Å²) in [5.41, 5.74) is 8.15. The molecule has 1 fully saturated rings. The second-order valence-corrected chi connectivity index (χ2v) is 26.6. The number of rotatable bonds is 12. The Kier molecular flexibility index (Phi) is 23.9. The highest BCUT2D eigenvalue weighted by molar-refractivity contribution is 6.01. The summed E-state index contributed by atoms with van der Waals surface area (Å²) >= 11 is 0. The van der Waals surface area contributed by atoms with Crippen LogP contribution in [0.5, 0.6) is 5.75 Å². The number of carboxylic acids is 1. The molecule has 9 amide bonds. The summed E-state index contributed by atoms with van der Waals surface area (Å²) in [5.74, 6) is -15.3. The SMILES string of the molecule is CC(=O)N[C@H]1CCCc2cn(nn2)-c2ccc(cc2)C[C@@H](C(N)=O)NC(=O)[C@]2(C)CCCN2C(=O)[C@H](Cc2ccc(O)cc2)CC(=O)[C@H](Cc2cnc[nH]2)NC(=O)[C@H](CC(=O)O)CC(=O)[C@H](Cc2c[nH]c3ccc(F)cc23)NC(=O)[C@H](Cc2c[nH]c3ccc(F)cc23)NC(=O)CNC(=O)[C@H](C)NC1=O. The van der Waals surface area contributed by atoms with E-state index in [9.17, 15) is 57.4 Å². The number of ketones is 2. The van der Waals surface area contributed by atoms with Crippen LogP contribution < -0.4 is 43.0 Å². The summed E-state index contributed by atoms with van der Waals surface area (Å²) in [4.78, 5) is 184. The number of Topliss-reactive ketones (excluding diaryl/α,β-unsaturated/α-hetero) is 2. The van der Waals surface area contributed by atoms with Gasteiger partial charge in [-0.05, 0) is 135 Å². The lowest BCUT2D eigenvalue weighted by molar-refractivity contribution is -0.148. The molecule has 4 aromatic heterocycles. The van der Waals surface area contributed by atoms with E-state index in [4.69, 9.17) is 5.73 Å². The number of aliphatic carboxylic acids is 1. The molecule has 546 valence electrons. The number of primary amides is 1. The fourth-order valence-corrected chi connectivity index (χ4v) is 13.2. The average Bonchev–Trinajstić information content (AvgIpc) is 1.59. The number of nitrogens with zero attached hydrogens (tertiary/aromatic N) is 5. The molecule has 1 saturated heterocycles. The first kappa shape index (κ1) is 74.7. The summed E-state index contributed by atoms with van der Waals surface area (Å²) in [7, 11) is 0. The van der Waals surface area contributed by atoms with Gasteiger partial charge in [-0.2, -0.15) is 0 Å². The molecule has 11 rings (SSSR count). The number of aromatic hydroxyl groups is 1. The van der Waals surface area contributed by atoms with Crippen LogP contribution in [0.25, 0.3) is 27.5 Å². The van der Waals surface area contributed by atoms with E-state index in [1.165, 1.54) is 116 Å². The number of H-pyrrole nitrogens is 3. The molecule has 0 spiro atoms. The maximum atomic E-state index is 15.3. The van der Waals surface area contributed by atoms with Gasteiger partial charge < -0.3 is 73.0 Å². The van der Waals surface area contributed by atoms with E-state index < -0.39 is 175 Å². The van der Waals surface area contributed by atoms with Crippen LogP contribution >= 0.6 is 0 Å². The van der Waals surface area contributed by atoms with Gasteiger partial charge in [0.25, 0.3) is 0 Å². The zero-order valence-corrected chi connectivity index (χ0v) is 57.1. The fourth-order valence-electron chi connectivity index (χ4n) is 13.2. The Hall–Kier alpha value is -12.0. The van der Waals surface area contributed by atoms with Crippen LogP contribution in [0.4, 0.5) is 8.78 Å². The first-order valence-electron chi connectivity index (χ1n) is 33.9. The number of carbonyl (C=O) groups is 12. The molecule has 30 nitrogen and oxygen atoms in total. The predicted molar refractivity (Wildman–Crippen MR) is 369 cm³/mol. The van der Waals surface area contributed by atoms with Gasteiger partial charge in [0.15, 0.2) is 11.6 Å². The molecule has 9 atom stereocenters. The van der Waals surface area contributed by atoms with Crippen molar-refractivity contribution in [2.75, 3.05) is 13.1 Å². The summed E-state index contributed by atoms with van der Waals surface area (Å²) in [6.45, 7) is 3.29. The molecule has 8 aromatic rings. The Labute approximate surface area is 593 Å². The number of phenols is 1. The fraction of sp³-hybridized carbons (Fsp3) is 0.375. The molecule has 7 heterocycles. The Bertz CT molecular complexity index is 4540. The first-order valence-corrected chi connectivity index (χ1v) is 33.9. The number of hydrogen-bond acceptors (Lipinski definition) is 16. The van der Waals surface area contributed by atoms with E-state index >= 15 is 19.2 Å². The molecule has 0 radical (unpaired) electrons. The van der Waals surface area contributed by atoms with Crippen molar-refractivity contribution in [2.24, 2.45) is 17.6 Å². The van der Waals surface area contributed by atoms with Gasteiger partial charge >= 0.3 is 5.97 Å². The molecule has 0 unspecified atom stereocenters. The number of fused-ring (bicyclic) bond motifs is 32.